The molecule has 5 nitrogen and oxygen atoms in total. The van der Waals surface area contributed by atoms with Gasteiger partial charge in [0.25, 0.3) is 0 Å². The quantitative estimate of drug-likeness (QED) is 0.770. The molecule has 1 atom stereocenters. The number of aromatic nitrogens is 4. The molecule has 0 radical (unpaired) electrons. The minimum Gasteiger partial charge on any atom is -0.322 e. The third-order valence-electron chi connectivity index (χ3n) is 3.77. The fourth-order valence-electron chi connectivity index (χ4n) is 2.65. The molecule has 120 valence electrons. The smallest absolute Gasteiger partial charge is 0.248 e. The topological polar surface area (TPSA) is 55.6 Å². The number of anilines is 1. The fraction of sp³-hybridized carbons (Fsp3) is 0.0625. The van der Waals surface area contributed by atoms with Gasteiger partial charge in [-0.1, -0.05) is 34.9 Å². The fourth-order valence-corrected chi connectivity index (χ4v) is 2.78. The van der Waals surface area contributed by atoms with E-state index in [0.717, 1.165) is 5.56 Å². The van der Waals surface area contributed by atoms with E-state index in [1.807, 2.05) is 12.1 Å². The summed E-state index contributed by atoms with van der Waals surface area (Å²) in [5.41, 5.74) is 0.960. The summed E-state index contributed by atoms with van der Waals surface area (Å²) < 4.78 is 29.8. The van der Waals surface area contributed by atoms with Crippen molar-refractivity contribution in [1.82, 2.24) is 20.2 Å². The maximum Gasteiger partial charge on any atom is 0.248 e. The van der Waals surface area contributed by atoms with Crippen LogP contribution in [-0.4, -0.2) is 20.2 Å². The van der Waals surface area contributed by atoms with Crippen LogP contribution < -0.4 is 5.32 Å². The second-order valence-corrected chi connectivity index (χ2v) is 5.68. The van der Waals surface area contributed by atoms with Crippen LogP contribution in [0.2, 0.25) is 5.02 Å². The van der Waals surface area contributed by atoms with E-state index < -0.39 is 17.7 Å². The molecule has 0 bridgehead atoms. The van der Waals surface area contributed by atoms with Crippen molar-refractivity contribution in [2.75, 3.05) is 5.32 Å². The first-order chi connectivity index (χ1) is 11.6. The zero-order valence-electron chi connectivity index (χ0n) is 12.1. The van der Waals surface area contributed by atoms with Crippen LogP contribution >= 0.6 is 11.6 Å². The predicted molar refractivity (Wildman–Crippen MR) is 85.4 cm³/mol. The zero-order valence-corrected chi connectivity index (χ0v) is 12.9. The number of allylic oxidation sites excluding steroid dienone is 1. The zero-order chi connectivity index (χ0) is 16.7. The molecule has 0 aliphatic carbocycles. The summed E-state index contributed by atoms with van der Waals surface area (Å²) in [4.78, 5) is 0. The van der Waals surface area contributed by atoms with Gasteiger partial charge in [-0.25, -0.2) is 8.78 Å². The molecule has 2 heterocycles. The number of nitrogens with one attached hydrogen (secondary N) is 1. The Morgan fingerprint density at radius 2 is 1.75 bits per heavy atom. The Balaban J connectivity index is 1.86. The summed E-state index contributed by atoms with van der Waals surface area (Å²) in [5.74, 6) is -1.02. The predicted octanol–water partition coefficient (Wildman–Crippen LogP) is 3.66. The molecule has 0 amide bonds. The Hall–Kier alpha value is -2.80. The largest absolute Gasteiger partial charge is 0.322 e. The molecular formula is C16H10ClF2N5. The Kier molecular flexibility index (Phi) is 3.50. The first-order valence-corrected chi connectivity index (χ1v) is 7.48. The molecule has 1 aliphatic rings. The van der Waals surface area contributed by atoms with Crippen LogP contribution in [0.1, 0.15) is 17.2 Å². The number of hydrogen-bond donors (Lipinski definition) is 1. The van der Waals surface area contributed by atoms with E-state index in [1.54, 1.807) is 18.2 Å². The highest BCUT2D eigenvalue weighted by Crippen LogP contribution is 2.33. The maximum atomic E-state index is 14.1. The highest BCUT2D eigenvalue weighted by molar-refractivity contribution is 6.30. The van der Waals surface area contributed by atoms with Crippen molar-refractivity contribution in [1.29, 1.82) is 0 Å². The number of benzene rings is 2. The molecule has 1 aromatic heterocycles. The van der Waals surface area contributed by atoms with Crippen LogP contribution in [0, 0.1) is 11.6 Å². The van der Waals surface area contributed by atoms with Crippen molar-refractivity contribution < 1.29 is 8.78 Å². The third kappa shape index (κ3) is 2.43. The minimum atomic E-state index is -0.662. The molecule has 1 N–H and O–H groups in total. The summed E-state index contributed by atoms with van der Waals surface area (Å²) in [6.07, 6.45) is 1.67. The van der Waals surface area contributed by atoms with E-state index in [1.165, 1.54) is 22.9 Å². The minimum absolute atomic E-state index is 0.147. The first kappa shape index (κ1) is 14.8. The summed E-state index contributed by atoms with van der Waals surface area (Å²) >= 11 is 5.92. The highest BCUT2D eigenvalue weighted by atomic mass is 35.5. The number of halogens is 3. The molecule has 1 aliphatic heterocycles. The average molecular weight is 346 g/mol. The monoisotopic (exact) mass is 345 g/mol. The van der Waals surface area contributed by atoms with Gasteiger partial charge >= 0.3 is 0 Å². The van der Waals surface area contributed by atoms with Crippen molar-refractivity contribution in [2.24, 2.45) is 0 Å². The molecule has 0 spiro atoms. The standard InChI is InChI=1S/C16H10ClF2N5/c17-10-6-4-9(5-7-10)14-8-13(20-16-21-22-23-24(14)16)15-11(18)2-1-3-12(15)19/h1-8,14H,(H,20,21,23). The Morgan fingerprint density at radius 1 is 1.04 bits per heavy atom. The van der Waals surface area contributed by atoms with Crippen molar-refractivity contribution in [2.45, 2.75) is 6.04 Å². The lowest BCUT2D eigenvalue weighted by atomic mass is 10.0. The summed E-state index contributed by atoms with van der Waals surface area (Å²) in [5, 5.41) is 14.9. The van der Waals surface area contributed by atoms with E-state index in [2.05, 4.69) is 20.8 Å². The molecule has 3 aromatic rings. The van der Waals surface area contributed by atoms with Gasteiger partial charge in [-0.15, -0.1) is 0 Å². The van der Waals surface area contributed by atoms with Crippen LogP contribution in [0.3, 0.4) is 0 Å². The molecule has 0 saturated carbocycles. The van der Waals surface area contributed by atoms with E-state index in [0.29, 0.717) is 11.0 Å². The van der Waals surface area contributed by atoms with Crippen molar-refractivity contribution in [3.05, 3.63) is 76.3 Å². The molecule has 0 fully saturated rings. The lowest BCUT2D eigenvalue weighted by Gasteiger charge is -2.23. The third-order valence-corrected chi connectivity index (χ3v) is 4.02. The van der Waals surface area contributed by atoms with Gasteiger partial charge in [-0.3, -0.25) is 0 Å². The Labute approximate surface area is 140 Å². The van der Waals surface area contributed by atoms with Crippen LogP contribution in [0.5, 0.6) is 0 Å². The van der Waals surface area contributed by atoms with Crippen molar-refractivity contribution in [3.63, 3.8) is 0 Å². The second-order valence-electron chi connectivity index (χ2n) is 5.25. The van der Waals surface area contributed by atoms with E-state index in [4.69, 9.17) is 11.6 Å². The van der Waals surface area contributed by atoms with Crippen LogP contribution in [0.15, 0.2) is 48.5 Å². The van der Waals surface area contributed by atoms with E-state index in [9.17, 15) is 8.78 Å². The van der Waals surface area contributed by atoms with Gasteiger partial charge in [-0.05, 0) is 46.3 Å². The Morgan fingerprint density at radius 3 is 2.46 bits per heavy atom. The second kappa shape index (κ2) is 5.68. The molecule has 1 unspecified atom stereocenters. The van der Waals surface area contributed by atoms with Gasteiger partial charge in [0.15, 0.2) is 0 Å². The normalized spacial score (nSPS) is 16.3. The molecule has 4 rings (SSSR count). The molecule has 8 heteroatoms. The lowest BCUT2D eigenvalue weighted by molar-refractivity contribution is 0.569. The van der Waals surface area contributed by atoms with Gasteiger partial charge in [0.2, 0.25) is 5.95 Å². The van der Waals surface area contributed by atoms with Crippen molar-refractivity contribution in [3.8, 4) is 0 Å². The van der Waals surface area contributed by atoms with Gasteiger partial charge < -0.3 is 5.32 Å². The highest BCUT2D eigenvalue weighted by Gasteiger charge is 2.26. The van der Waals surface area contributed by atoms with Crippen LogP contribution in [0.4, 0.5) is 14.7 Å². The number of hydrogen-bond acceptors (Lipinski definition) is 4. The molecular weight excluding hydrogens is 336 g/mol. The number of rotatable bonds is 2. The van der Waals surface area contributed by atoms with E-state index >= 15 is 0 Å². The van der Waals surface area contributed by atoms with Gasteiger partial charge in [0.05, 0.1) is 11.3 Å². The number of nitrogens with zero attached hydrogens (tertiary/aromatic N) is 4. The SMILES string of the molecule is Fc1cccc(F)c1C1=CC(c2ccc(Cl)cc2)n2nnnc2N1. The Bertz CT molecular complexity index is 916. The summed E-state index contributed by atoms with van der Waals surface area (Å²) in [6, 6.07) is 10.4. The maximum absolute atomic E-state index is 14.1. The van der Waals surface area contributed by atoms with Gasteiger partial charge in [0, 0.05) is 5.02 Å². The average Bonchev–Trinajstić information content (AvgIpc) is 3.03. The van der Waals surface area contributed by atoms with Gasteiger partial charge in [-0.2, -0.15) is 4.68 Å². The summed E-state index contributed by atoms with van der Waals surface area (Å²) in [6.45, 7) is 0. The molecule has 24 heavy (non-hydrogen) atoms. The molecule has 2 aromatic carbocycles. The summed E-state index contributed by atoms with van der Waals surface area (Å²) in [7, 11) is 0. The van der Waals surface area contributed by atoms with Gasteiger partial charge in [0.1, 0.15) is 17.7 Å². The number of fused-ring (bicyclic) bond motifs is 1. The number of tetrazole rings is 1. The molecule has 0 saturated heterocycles. The van der Waals surface area contributed by atoms with E-state index in [-0.39, 0.29) is 11.3 Å². The first-order valence-electron chi connectivity index (χ1n) is 7.10. The van der Waals surface area contributed by atoms with Crippen LogP contribution in [-0.2, 0) is 0 Å². The lowest BCUT2D eigenvalue weighted by Crippen LogP contribution is -2.21. The van der Waals surface area contributed by atoms with Crippen LogP contribution in [0.25, 0.3) is 5.70 Å². The van der Waals surface area contributed by atoms with Crippen molar-refractivity contribution >= 4 is 23.2 Å².